The third kappa shape index (κ3) is 3.67. The van der Waals surface area contributed by atoms with E-state index >= 15 is 0 Å². The highest BCUT2D eigenvalue weighted by atomic mass is 16.2. The van der Waals surface area contributed by atoms with Gasteiger partial charge in [0, 0.05) is 11.6 Å². The molecule has 1 aliphatic carbocycles. The number of aryl methyl sites for hydroxylation is 1. The van der Waals surface area contributed by atoms with Gasteiger partial charge < -0.3 is 0 Å². The number of benzene rings is 2. The van der Waals surface area contributed by atoms with E-state index in [1.807, 2.05) is 53.4 Å². The van der Waals surface area contributed by atoms with Crippen molar-refractivity contribution in [3.8, 4) is 0 Å². The number of carbonyl (C=O) groups is 1. The molecule has 2 aliphatic rings. The lowest BCUT2D eigenvalue weighted by atomic mass is 9.95. The van der Waals surface area contributed by atoms with Gasteiger partial charge in [0.15, 0.2) is 0 Å². The van der Waals surface area contributed by atoms with Gasteiger partial charge in [-0.3, -0.25) is 14.6 Å². The molecule has 0 saturated heterocycles. The van der Waals surface area contributed by atoms with Gasteiger partial charge in [-0.2, -0.15) is 0 Å². The number of fused-ring (bicyclic) bond motifs is 1. The Morgan fingerprint density at radius 3 is 2.48 bits per heavy atom. The second-order valence-corrected chi connectivity index (χ2v) is 7.74. The smallest absolute Gasteiger partial charge is 0.278 e. The zero-order valence-electron chi connectivity index (χ0n) is 16.2. The Bertz CT molecular complexity index is 850. The summed E-state index contributed by atoms with van der Waals surface area (Å²) in [5, 5.41) is 0. The van der Waals surface area contributed by atoms with Crippen molar-refractivity contribution < 1.29 is 4.79 Å². The molecule has 4 nitrogen and oxygen atoms in total. The standard InChI is InChI=1S/C23H27N3O/c1-17-12-14-18(15-13-17)24-22-20-10-6-7-11-21(20)26(23(22)27)16-25(2)19-8-4-3-5-9-19/h6-7,10-15,19H,3-5,8-9,16H2,1-2H3. The molecule has 140 valence electrons. The summed E-state index contributed by atoms with van der Waals surface area (Å²) in [5.74, 6) is -0.000524. The summed E-state index contributed by atoms with van der Waals surface area (Å²) in [5.41, 5.74) is 4.46. The molecule has 1 heterocycles. The van der Waals surface area contributed by atoms with Gasteiger partial charge in [-0.1, -0.05) is 55.2 Å². The van der Waals surface area contributed by atoms with Crippen LogP contribution in [0.15, 0.2) is 53.5 Å². The van der Waals surface area contributed by atoms with Gasteiger partial charge in [0.2, 0.25) is 0 Å². The minimum absolute atomic E-state index is 0.000524. The van der Waals surface area contributed by atoms with Gasteiger partial charge >= 0.3 is 0 Å². The molecule has 0 aromatic heterocycles. The minimum atomic E-state index is -0.000524. The number of nitrogens with zero attached hydrogens (tertiary/aromatic N) is 3. The Labute approximate surface area is 161 Å². The van der Waals surface area contributed by atoms with Crippen LogP contribution < -0.4 is 4.90 Å². The van der Waals surface area contributed by atoms with Crippen LogP contribution in [0, 0.1) is 6.92 Å². The van der Waals surface area contributed by atoms with Crippen molar-refractivity contribution in [2.24, 2.45) is 4.99 Å². The van der Waals surface area contributed by atoms with Crippen molar-refractivity contribution in [2.45, 2.75) is 45.1 Å². The number of carbonyl (C=O) groups excluding carboxylic acids is 1. The lowest BCUT2D eigenvalue weighted by Crippen LogP contribution is -2.44. The lowest BCUT2D eigenvalue weighted by molar-refractivity contribution is -0.112. The summed E-state index contributed by atoms with van der Waals surface area (Å²) in [4.78, 5) is 22.1. The zero-order valence-corrected chi connectivity index (χ0v) is 16.2. The Balaban J connectivity index is 1.62. The van der Waals surface area contributed by atoms with E-state index in [9.17, 15) is 4.79 Å². The molecule has 4 rings (SSSR count). The molecule has 1 fully saturated rings. The largest absolute Gasteiger partial charge is 0.293 e. The Kier molecular flexibility index (Phi) is 5.08. The summed E-state index contributed by atoms with van der Waals surface area (Å²) < 4.78 is 0. The first kappa shape index (κ1) is 17.9. The fraction of sp³-hybridized carbons (Fsp3) is 0.391. The van der Waals surface area contributed by atoms with Crippen LogP contribution in [0.5, 0.6) is 0 Å². The summed E-state index contributed by atoms with van der Waals surface area (Å²) in [6.07, 6.45) is 6.37. The molecule has 0 N–H and O–H groups in total. The first-order valence-electron chi connectivity index (χ1n) is 9.90. The van der Waals surface area contributed by atoms with Crippen LogP contribution in [0.3, 0.4) is 0 Å². The van der Waals surface area contributed by atoms with Crippen LogP contribution in [0.25, 0.3) is 0 Å². The minimum Gasteiger partial charge on any atom is -0.293 e. The maximum Gasteiger partial charge on any atom is 0.278 e. The maximum absolute atomic E-state index is 13.2. The van der Waals surface area contributed by atoms with Crippen molar-refractivity contribution in [1.82, 2.24) is 4.90 Å². The quantitative estimate of drug-likeness (QED) is 0.792. The van der Waals surface area contributed by atoms with E-state index < -0.39 is 0 Å². The van der Waals surface area contributed by atoms with E-state index in [0.717, 1.165) is 16.9 Å². The molecule has 0 atom stereocenters. The molecule has 0 spiro atoms. The fourth-order valence-electron chi connectivity index (χ4n) is 4.12. The average molecular weight is 361 g/mol. The Morgan fingerprint density at radius 1 is 1.04 bits per heavy atom. The van der Waals surface area contributed by atoms with Crippen molar-refractivity contribution in [1.29, 1.82) is 0 Å². The predicted molar refractivity (Wildman–Crippen MR) is 111 cm³/mol. The second-order valence-electron chi connectivity index (χ2n) is 7.74. The molecule has 1 saturated carbocycles. The van der Waals surface area contributed by atoms with Crippen LogP contribution in [-0.2, 0) is 4.79 Å². The van der Waals surface area contributed by atoms with Crippen LogP contribution in [-0.4, -0.2) is 36.3 Å². The SMILES string of the molecule is Cc1ccc(N=C2C(=O)N(CN(C)C3CCCCC3)c3ccccc32)cc1. The number of anilines is 1. The van der Waals surface area contributed by atoms with E-state index in [4.69, 9.17) is 4.99 Å². The summed E-state index contributed by atoms with van der Waals surface area (Å²) in [6.45, 7) is 2.67. The highest BCUT2D eigenvalue weighted by Crippen LogP contribution is 2.32. The van der Waals surface area contributed by atoms with Gasteiger partial charge in [0.05, 0.1) is 18.0 Å². The van der Waals surface area contributed by atoms with Crippen LogP contribution >= 0.6 is 0 Å². The molecule has 0 unspecified atom stereocenters. The normalized spacial score (nSPS) is 19.1. The number of aliphatic imine (C=N–C) groups is 1. The van der Waals surface area contributed by atoms with E-state index in [1.54, 1.807) is 0 Å². The van der Waals surface area contributed by atoms with E-state index in [1.165, 1.54) is 37.7 Å². The van der Waals surface area contributed by atoms with Crippen LogP contribution in [0.2, 0.25) is 0 Å². The molecule has 0 bridgehead atoms. The van der Waals surface area contributed by atoms with Crippen molar-refractivity contribution in [2.75, 3.05) is 18.6 Å². The number of amides is 1. The van der Waals surface area contributed by atoms with E-state index in [2.05, 4.69) is 18.9 Å². The van der Waals surface area contributed by atoms with Crippen LogP contribution in [0.1, 0.15) is 43.2 Å². The molecular formula is C23H27N3O. The maximum atomic E-state index is 13.2. The summed E-state index contributed by atoms with van der Waals surface area (Å²) in [6, 6.07) is 16.6. The van der Waals surface area contributed by atoms with Gasteiger partial charge in [0.25, 0.3) is 5.91 Å². The van der Waals surface area contributed by atoms with Gasteiger partial charge in [-0.05, 0) is 45.0 Å². The average Bonchev–Trinajstić information content (AvgIpc) is 2.96. The third-order valence-electron chi connectivity index (χ3n) is 5.74. The number of rotatable bonds is 4. The highest BCUT2D eigenvalue weighted by molar-refractivity contribution is 6.54. The molecular weight excluding hydrogens is 334 g/mol. The monoisotopic (exact) mass is 361 g/mol. The molecule has 1 aliphatic heterocycles. The third-order valence-corrected chi connectivity index (χ3v) is 5.74. The van der Waals surface area contributed by atoms with Gasteiger partial charge in [-0.15, -0.1) is 0 Å². The number of para-hydroxylation sites is 1. The Morgan fingerprint density at radius 2 is 1.74 bits per heavy atom. The highest BCUT2D eigenvalue weighted by Gasteiger charge is 2.35. The van der Waals surface area contributed by atoms with Crippen LogP contribution in [0.4, 0.5) is 11.4 Å². The molecule has 2 aromatic rings. The van der Waals surface area contributed by atoms with Crippen molar-refractivity contribution in [3.63, 3.8) is 0 Å². The number of hydrogen-bond acceptors (Lipinski definition) is 3. The molecule has 2 aromatic carbocycles. The van der Waals surface area contributed by atoms with Crippen molar-refractivity contribution in [3.05, 3.63) is 59.7 Å². The molecule has 0 radical (unpaired) electrons. The van der Waals surface area contributed by atoms with Crippen molar-refractivity contribution >= 4 is 23.0 Å². The first-order valence-corrected chi connectivity index (χ1v) is 9.90. The first-order chi connectivity index (χ1) is 13.1. The summed E-state index contributed by atoms with van der Waals surface area (Å²) in [7, 11) is 2.14. The topological polar surface area (TPSA) is 35.9 Å². The van der Waals surface area contributed by atoms with Gasteiger partial charge in [-0.25, -0.2) is 4.99 Å². The molecule has 27 heavy (non-hydrogen) atoms. The van der Waals surface area contributed by atoms with Gasteiger partial charge in [0.1, 0.15) is 5.71 Å². The zero-order chi connectivity index (χ0) is 18.8. The van der Waals surface area contributed by atoms with E-state index in [0.29, 0.717) is 18.4 Å². The Hall–Kier alpha value is -2.46. The fourth-order valence-corrected chi connectivity index (χ4v) is 4.12. The van der Waals surface area contributed by atoms with E-state index in [-0.39, 0.29) is 5.91 Å². The number of hydrogen-bond donors (Lipinski definition) is 0. The lowest BCUT2D eigenvalue weighted by Gasteiger charge is -2.34. The summed E-state index contributed by atoms with van der Waals surface area (Å²) >= 11 is 0. The second kappa shape index (κ2) is 7.65. The molecule has 4 heteroatoms. The predicted octanol–water partition coefficient (Wildman–Crippen LogP) is 4.68. The molecule has 1 amide bonds.